The number of hydrogen-bond donors (Lipinski definition) is 2. The van der Waals surface area contributed by atoms with Crippen molar-refractivity contribution in [1.29, 1.82) is 0 Å². The number of carbonyl (C=O) groups excluding carboxylic acids is 1. The number of carboxylic acid groups (broad SMARTS) is 1. The zero-order chi connectivity index (χ0) is 12.8. The molecule has 0 spiro atoms. The minimum absolute atomic E-state index is 0.0268. The van der Waals surface area contributed by atoms with Gasteiger partial charge in [-0.25, -0.2) is 9.59 Å². The first-order chi connectivity index (χ1) is 7.72. The molecule has 96 valence electrons. The average molecular weight is 243 g/mol. The molecule has 2 N–H and O–H groups in total. The third kappa shape index (κ3) is 2.52. The molecule has 6 heteroatoms. The number of hydrogen-bond acceptors (Lipinski definition) is 4. The van der Waals surface area contributed by atoms with Crippen LogP contribution < -0.4 is 5.32 Å². The molecule has 6 nitrogen and oxygen atoms in total. The van der Waals surface area contributed by atoms with Crippen molar-refractivity contribution in [2.45, 2.75) is 57.0 Å². The molecule has 3 atom stereocenters. The number of fused-ring (bicyclic) bond motifs is 1. The van der Waals surface area contributed by atoms with E-state index < -0.39 is 23.2 Å². The molecule has 1 aliphatic carbocycles. The molecular weight excluding hydrogens is 226 g/mol. The van der Waals surface area contributed by atoms with Crippen LogP contribution in [0.3, 0.4) is 0 Å². The fourth-order valence-electron chi connectivity index (χ4n) is 2.14. The van der Waals surface area contributed by atoms with E-state index in [4.69, 9.17) is 9.47 Å². The van der Waals surface area contributed by atoms with Gasteiger partial charge in [0, 0.05) is 12.8 Å². The van der Waals surface area contributed by atoms with Crippen LogP contribution in [-0.4, -0.2) is 40.5 Å². The lowest BCUT2D eigenvalue weighted by Gasteiger charge is -2.28. The van der Waals surface area contributed by atoms with E-state index in [0.29, 0.717) is 12.8 Å². The summed E-state index contributed by atoms with van der Waals surface area (Å²) in [6.45, 7) is 5.19. The predicted molar refractivity (Wildman–Crippen MR) is 57.6 cm³/mol. The zero-order valence-electron chi connectivity index (χ0n) is 10.1. The highest BCUT2D eigenvalue weighted by Crippen LogP contribution is 2.44. The van der Waals surface area contributed by atoms with Gasteiger partial charge in [0.2, 0.25) is 0 Å². The molecule has 0 aromatic heterocycles. The summed E-state index contributed by atoms with van der Waals surface area (Å²) in [6, 6.07) is 0. The Morgan fingerprint density at radius 3 is 2.29 bits per heavy atom. The summed E-state index contributed by atoms with van der Waals surface area (Å²) in [6.07, 6.45) is -0.123. The van der Waals surface area contributed by atoms with Crippen LogP contribution in [0.5, 0.6) is 0 Å². The molecule has 1 amide bonds. The van der Waals surface area contributed by atoms with Crippen molar-refractivity contribution in [2.75, 3.05) is 0 Å². The van der Waals surface area contributed by atoms with E-state index in [2.05, 4.69) is 5.32 Å². The molecule has 2 fully saturated rings. The molecule has 1 unspecified atom stereocenters. The van der Waals surface area contributed by atoms with Crippen molar-refractivity contribution in [3.8, 4) is 0 Å². The molecule has 2 aliphatic rings. The maximum Gasteiger partial charge on any atom is 0.408 e. The largest absolute Gasteiger partial charge is 0.479 e. The van der Waals surface area contributed by atoms with Crippen molar-refractivity contribution in [1.82, 2.24) is 5.32 Å². The Morgan fingerprint density at radius 1 is 1.35 bits per heavy atom. The van der Waals surface area contributed by atoms with Crippen LogP contribution in [0.15, 0.2) is 0 Å². The van der Waals surface area contributed by atoms with Crippen LogP contribution in [0.4, 0.5) is 4.79 Å². The summed E-state index contributed by atoms with van der Waals surface area (Å²) in [4.78, 5) is 22.9. The highest BCUT2D eigenvalue weighted by Gasteiger charge is 2.60. The average Bonchev–Trinajstić information content (AvgIpc) is 2.70. The maximum absolute atomic E-state index is 11.6. The number of alkyl carbamates (subject to hydrolysis) is 1. The van der Waals surface area contributed by atoms with Gasteiger partial charge in [0.15, 0.2) is 0 Å². The number of carbonyl (C=O) groups is 2. The minimum atomic E-state index is -1.23. The number of nitrogens with one attached hydrogen (secondary N) is 1. The van der Waals surface area contributed by atoms with Gasteiger partial charge in [-0.3, -0.25) is 0 Å². The molecule has 1 saturated carbocycles. The van der Waals surface area contributed by atoms with Crippen molar-refractivity contribution in [2.24, 2.45) is 0 Å². The van der Waals surface area contributed by atoms with Crippen molar-refractivity contribution in [3.05, 3.63) is 0 Å². The number of carboxylic acids is 1. The molecule has 0 aromatic rings. The molecular formula is C11H17NO5. The molecule has 0 radical (unpaired) electrons. The van der Waals surface area contributed by atoms with E-state index in [-0.39, 0.29) is 12.2 Å². The molecule has 17 heavy (non-hydrogen) atoms. The van der Waals surface area contributed by atoms with Gasteiger partial charge in [0.05, 0.1) is 12.2 Å². The highest BCUT2D eigenvalue weighted by molar-refractivity contribution is 5.85. The van der Waals surface area contributed by atoms with Crippen LogP contribution in [0, 0.1) is 0 Å². The third-order valence-electron chi connectivity index (χ3n) is 2.94. The van der Waals surface area contributed by atoms with Gasteiger partial charge in [-0.1, -0.05) is 0 Å². The van der Waals surface area contributed by atoms with Crippen molar-refractivity contribution < 1.29 is 24.2 Å². The number of rotatable bonds is 2. The van der Waals surface area contributed by atoms with E-state index >= 15 is 0 Å². The Hall–Kier alpha value is -1.30. The van der Waals surface area contributed by atoms with Crippen molar-refractivity contribution >= 4 is 12.1 Å². The van der Waals surface area contributed by atoms with Gasteiger partial charge < -0.3 is 19.9 Å². The van der Waals surface area contributed by atoms with Crippen molar-refractivity contribution in [3.63, 3.8) is 0 Å². The first-order valence-corrected chi connectivity index (χ1v) is 5.62. The summed E-state index contributed by atoms with van der Waals surface area (Å²) in [7, 11) is 0. The highest BCUT2D eigenvalue weighted by atomic mass is 16.6. The SMILES string of the molecule is CC(C)(C)OC(=O)NC1(C(=O)O)C[C@@H]2O[C@@H]2C1. The van der Waals surface area contributed by atoms with Gasteiger partial charge in [-0.05, 0) is 20.8 Å². The van der Waals surface area contributed by atoms with Crippen LogP contribution in [0.2, 0.25) is 0 Å². The Morgan fingerprint density at radius 2 is 1.88 bits per heavy atom. The Balaban J connectivity index is 1.99. The normalized spacial score (nSPS) is 35.0. The Labute approximate surface area is 99.3 Å². The van der Waals surface area contributed by atoms with Gasteiger partial charge in [-0.2, -0.15) is 0 Å². The lowest BCUT2D eigenvalue weighted by atomic mass is 9.97. The summed E-state index contributed by atoms with van der Waals surface area (Å²) >= 11 is 0. The molecule has 1 aliphatic heterocycles. The smallest absolute Gasteiger partial charge is 0.408 e. The Bertz CT molecular complexity index is 349. The standard InChI is InChI=1S/C11H17NO5/c1-10(2,3)17-9(15)12-11(8(13)14)4-6-7(5-11)16-6/h6-7H,4-5H2,1-3H3,(H,12,15)(H,13,14)/t6-,7+,11?. The van der Waals surface area contributed by atoms with Crippen LogP contribution in [0.1, 0.15) is 33.6 Å². The summed E-state index contributed by atoms with van der Waals surface area (Å²) in [5.74, 6) is -1.03. The van der Waals surface area contributed by atoms with Crippen LogP contribution >= 0.6 is 0 Å². The summed E-state index contributed by atoms with van der Waals surface area (Å²) in [5.41, 5.74) is -1.86. The molecule has 1 heterocycles. The molecule has 1 saturated heterocycles. The summed E-state index contributed by atoms with van der Waals surface area (Å²) in [5, 5.41) is 11.7. The van der Waals surface area contributed by atoms with E-state index in [9.17, 15) is 14.7 Å². The second kappa shape index (κ2) is 3.60. The first-order valence-electron chi connectivity index (χ1n) is 5.62. The number of ether oxygens (including phenoxy) is 2. The van der Waals surface area contributed by atoms with Crippen LogP contribution in [-0.2, 0) is 14.3 Å². The van der Waals surface area contributed by atoms with E-state index in [1.807, 2.05) is 0 Å². The molecule has 2 rings (SSSR count). The lowest BCUT2D eigenvalue weighted by molar-refractivity contribution is -0.145. The van der Waals surface area contributed by atoms with Gasteiger partial charge >= 0.3 is 12.1 Å². The quantitative estimate of drug-likeness (QED) is 0.703. The summed E-state index contributed by atoms with van der Waals surface area (Å²) < 4.78 is 10.3. The topological polar surface area (TPSA) is 88.2 Å². The number of aliphatic carboxylic acids is 1. The van der Waals surface area contributed by atoms with Gasteiger partial charge in [0.1, 0.15) is 11.1 Å². The van der Waals surface area contributed by atoms with E-state index in [1.54, 1.807) is 20.8 Å². The van der Waals surface area contributed by atoms with E-state index in [1.165, 1.54) is 0 Å². The first kappa shape index (κ1) is 12.2. The fraction of sp³-hybridized carbons (Fsp3) is 0.818. The second-order valence-electron chi connectivity index (χ2n) is 5.64. The lowest BCUT2D eigenvalue weighted by Crippen LogP contribution is -2.55. The van der Waals surface area contributed by atoms with E-state index in [0.717, 1.165) is 0 Å². The Kier molecular flexibility index (Phi) is 2.57. The number of amides is 1. The minimum Gasteiger partial charge on any atom is -0.479 e. The van der Waals surface area contributed by atoms with Gasteiger partial charge in [0.25, 0.3) is 0 Å². The third-order valence-corrected chi connectivity index (χ3v) is 2.94. The molecule has 0 bridgehead atoms. The fourth-order valence-corrected chi connectivity index (χ4v) is 2.14. The number of epoxide rings is 1. The molecule has 0 aromatic carbocycles. The maximum atomic E-state index is 11.6. The zero-order valence-corrected chi connectivity index (χ0v) is 10.1. The second-order valence-corrected chi connectivity index (χ2v) is 5.64. The van der Waals surface area contributed by atoms with Crippen LogP contribution in [0.25, 0.3) is 0 Å². The van der Waals surface area contributed by atoms with Gasteiger partial charge in [-0.15, -0.1) is 0 Å². The predicted octanol–water partition coefficient (Wildman–Crippen LogP) is 0.896. The monoisotopic (exact) mass is 243 g/mol.